The molecule has 0 saturated carbocycles. The van der Waals surface area contributed by atoms with Crippen molar-refractivity contribution in [2.45, 2.75) is 25.3 Å². The fourth-order valence-corrected chi connectivity index (χ4v) is 2.83. The second kappa shape index (κ2) is 5.46. The summed E-state index contributed by atoms with van der Waals surface area (Å²) in [6, 6.07) is 0. The standard InChI is InChI=1S/C13H14BrN3OS/c1-7(2)5-9-8(3)13(18)17-6-10(14)16-12(19-4)11(17)15-9/h6H,1,5H2,2-4H3. The quantitative estimate of drug-likeness (QED) is 0.637. The van der Waals surface area contributed by atoms with Crippen molar-refractivity contribution in [3.8, 4) is 0 Å². The van der Waals surface area contributed by atoms with Crippen LogP contribution in [0.5, 0.6) is 0 Å². The summed E-state index contributed by atoms with van der Waals surface area (Å²) in [5.74, 6) is 0. The van der Waals surface area contributed by atoms with Gasteiger partial charge in [-0.2, -0.15) is 0 Å². The molecule has 0 saturated heterocycles. The van der Waals surface area contributed by atoms with Crippen molar-refractivity contribution in [2.75, 3.05) is 6.26 Å². The second-order valence-corrected chi connectivity index (χ2v) is 6.00. The van der Waals surface area contributed by atoms with Crippen LogP contribution in [0.2, 0.25) is 0 Å². The van der Waals surface area contributed by atoms with Gasteiger partial charge in [0.1, 0.15) is 9.63 Å². The fourth-order valence-electron chi connectivity index (χ4n) is 1.81. The fraction of sp³-hybridized carbons (Fsp3) is 0.308. The average Bonchev–Trinajstić information content (AvgIpc) is 2.35. The number of allylic oxidation sites excluding steroid dienone is 1. The SMILES string of the molecule is C=C(C)Cc1nc2c(SC)nc(Br)cn2c(=O)c1C. The Balaban J connectivity index is 2.84. The summed E-state index contributed by atoms with van der Waals surface area (Å²) in [5, 5.41) is 0.731. The third-order valence-electron chi connectivity index (χ3n) is 2.74. The normalized spacial score (nSPS) is 10.9. The summed E-state index contributed by atoms with van der Waals surface area (Å²) >= 11 is 4.78. The highest BCUT2D eigenvalue weighted by atomic mass is 79.9. The van der Waals surface area contributed by atoms with E-state index in [1.54, 1.807) is 17.5 Å². The van der Waals surface area contributed by atoms with Gasteiger partial charge in [0, 0.05) is 18.2 Å². The van der Waals surface area contributed by atoms with Crippen LogP contribution in [0.4, 0.5) is 0 Å². The van der Waals surface area contributed by atoms with Crippen LogP contribution in [0.1, 0.15) is 18.2 Å². The smallest absolute Gasteiger partial charge is 0.261 e. The molecule has 0 unspecified atom stereocenters. The van der Waals surface area contributed by atoms with Gasteiger partial charge in [0.15, 0.2) is 5.65 Å². The van der Waals surface area contributed by atoms with Gasteiger partial charge in [-0.3, -0.25) is 9.20 Å². The van der Waals surface area contributed by atoms with E-state index in [9.17, 15) is 4.79 Å². The third kappa shape index (κ3) is 2.74. The first kappa shape index (κ1) is 14.3. The largest absolute Gasteiger partial charge is 0.269 e. The van der Waals surface area contributed by atoms with E-state index in [-0.39, 0.29) is 5.56 Å². The van der Waals surface area contributed by atoms with Gasteiger partial charge < -0.3 is 0 Å². The number of thioether (sulfide) groups is 1. The topological polar surface area (TPSA) is 47.3 Å². The van der Waals surface area contributed by atoms with Crippen molar-refractivity contribution < 1.29 is 0 Å². The van der Waals surface area contributed by atoms with Crippen molar-refractivity contribution in [3.05, 3.63) is 44.6 Å². The molecule has 4 nitrogen and oxygen atoms in total. The Hall–Kier alpha value is -1.14. The number of hydrogen-bond acceptors (Lipinski definition) is 4. The van der Waals surface area contributed by atoms with E-state index in [4.69, 9.17) is 0 Å². The molecular weight excluding hydrogens is 326 g/mol. The molecule has 0 amide bonds. The Labute approximate surface area is 124 Å². The molecule has 0 N–H and O–H groups in total. The molecule has 2 heterocycles. The molecule has 100 valence electrons. The van der Waals surface area contributed by atoms with Crippen LogP contribution in [0.15, 0.2) is 32.8 Å². The highest BCUT2D eigenvalue weighted by molar-refractivity contribution is 9.10. The van der Waals surface area contributed by atoms with Gasteiger partial charge in [-0.25, -0.2) is 9.97 Å². The summed E-state index contributed by atoms with van der Waals surface area (Å²) in [5.41, 5.74) is 2.96. The number of halogens is 1. The Bertz CT molecular complexity index is 724. The predicted octanol–water partition coefficient (Wildman–Crippen LogP) is 3.00. The predicted molar refractivity (Wildman–Crippen MR) is 82.0 cm³/mol. The molecule has 6 heteroatoms. The van der Waals surface area contributed by atoms with Gasteiger partial charge in [0.25, 0.3) is 5.56 Å². The molecule has 0 spiro atoms. The van der Waals surface area contributed by atoms with E-state index in [0.717, 1.165) is 16.3 Å². The van der Waals surface area contributed by atoms with Crippen LogP contribution in [0.25, 0.3) is 5.65 Å². The average molecular weight is 340 g/mol. The number of hydrogen-bond donors (Lipinski definition) is 0. The third-order valence-corrected chi connectivity index (χ3v) is 3.78. The van der Waals surface area contributed by atoms with Gasteiger partial charge in [-0.05, 0) is 36.0 Å². The van der Waals surface area contributed by atoms with Crippen molar-refractivity contribution in [1.29, 1.82) is 0 Å². The van der Waals surface area contributed by atoms with Crippen LogP contribution in [-0.2, 0) is 6.42 Å². The maximum atomic E-state index is 12.4. The Kier molecular flexibility index (Phi) is 4.10. The van der Waals surface area contributed by atoms with Gasteiger partial charge >= 0.3 is 0 Å². The maximum absolute atomic E-state index is 12.4. The van der Waals surface area contributed by atoms with Crippen LogP contribution in [0, 0.1) is 6.92 Å². The lowest BCUT2D eigenvalue weighted by Gasteiger charge is -2.10. The van der Waals surface area contributed by atoms with Crippen LogP contribution >= 0.6 is 27.7 Å². The molecule has 2 aromatic heterocycles. The minimum absolute atomic E-state index is 0.0559. The first-order valence-corrected chi connectivity index (χ1v) is 7.72. The lowest BCUT2D eigenvalue weighted by molar-refractivity contribution is 0.892. The molecule has 0 radical (unpaired) electrons. The zero-order valence-corrected chi connectivity index (χ0v) is 13.4. The van der Waals surface area contributed by atoms with Gasteiger partial charge in [-0.15, -0.1) is 11.8 Å². The number of rotatable bonds is 3. The molecule has 2 rings (SSSR count). The van der Waals surface area contributed by atoms with Crippen molar-refractivity contribution in [3.63, 3.8) is 0 Å². The van der Waals surface area contributed by atoms with Gasteiger partial charge in [0.05, 0.1) is 5.69 Å². The summed E-state index contributed by atoms with van der Waals surface area (Å²) < 4.78 is 2.17. The zero-order valence-electron chi connectivity index (χ0n) is 11.0. The summed E-state index contributed by atoms with van der Waals surface area (Å²) in [6.07, 6.45) is 4.18. The molecule has 0 fully saturated rings. The lowest BCUT2D eigenvalue weighted by Crippen LogP contribution is -2.21. The van der Waals surface area contributed by atoms with Crippen LogP contribution in [0.3, 0.4) is 0 Å². The summed E-state index contributed by atoms with van der Waals surface area (Å²) in [6.45, 7) is 7.61. The number of aromatic nitrogens is 3. The van der Waals surface area contributed by atoms with Crippen molar-refractivity contribution >= 4 is 33.3 Å². The molecule has 0 aliphatic heterocycles. The molecule has 0 atom stereocenters. The van der Waals surface area contributed by atoms with E-state index in [1.807, 2.05) is 13.2 Å². The van der Waals surface area contributed by atoms with Crippen LogP contribution in [-0.4, -0.2) is 20.6 Å². The molecule has 0 bridgehead atoms. The van der Waals surface area contributed by atoms with Crippen LogP contribution < -0.4 is 5.56 Å². The lowest BCUT2D eigenvalue weighted by atomic mass is 10.1. The maximum Gasteiger partial charge on any atom is 0.261 e. The number of nitrogens with zero attached hydrogens (tertiary/aromatic N) is 3. The minimum atomic E-state index is -0.0559. The Morgan fingerprint density at radius 2 is 2.21 bits per heavy atom. The Morgan fingerprint density at radius 1 is 1.53 bits per heavy atom. The molecule has 0 aromatic carbocycles. The van der Waals surface area contributed by atoms with Gasteiger partial charge in [0.2, 0.25) is 0 Å². The summed E-state index contributed by atoms with van der Waals surface area (Å²) in [7, 11) is 0. The molecule has 2 aromatic rings. The van der Waals surface area contributed by atoms with E-state index in [0.29, 0.717) is 22.2 Å². The molecule has 0 aliphatic rings. The Morgan fingerprint density at radius 3 is 2.79 bits per heavy atom. The van der Waals surface area contributed by atoms with Crippen molar-refractivity contribution in [1.82, 2.24) is 14.4 Å². The highest BCUT2D eigenvalue weighted by Gasteiger charge is 2.13. The highest BCUT2D eigenvalue weighted by Crippen LogP contribution is 2.20. The monoisotopic (exact) mass is 339 g/mol. The van der Waals surface area contributed by atoms with E-state index in [2.05, 4.69) is 32.5 Å². The summed E-state index contributed by atoms with van der Waals surface area (Å²) in [4.78, 5) is 21.3. The van der Waals surface area contributed by atoms with Gasteiger partial charge in [-0.1, -0.05) is 12.2 Å². The van der Waals surface area contributed by atoms with E-state index >= 15 is 0 Å². The first-order valence-electron chi connectivity index (χ1n) is 5.70. The molecular formula is C13H14BrN3OS. The van der Waals surface area contributed by atoms with Crippen molar-refractivity contribution in [2.24, 2.45) is 0 Å². The van der Waals surface area contributed by atoms with E-state index in [1.165, 1.54) is 11.8 Å². The molecule has 0 aliphatic carbocycles. The van der Waals surface area contributed by atoms with E-state index < -0.39 is 0 Å². The molecule has 19 heavy (non-hydrogen) atoms. The number of fused-ring (bicyclic) bond motifs is 1. The second-order valence-electron chi connectivity index (χ2n) is 4.39. The zero-order chi connectivity index (χ0) is 14.2. The first-order chi connectivity index (χ1) is 8.93. The minimum Gasteiger partial charge on any atom is -0.269 e.